The first-order valence-electron chi connectivity index (χ1n) is 9.75. The number of nitrogens with one attached hydrogen (secondary N) is 1. The van der Waals surface area contributed by atoms with Gasteiger partial charge in [-0.2, -0.15) is 0 Å². The second-order valence-corrected chi connectivity index (χ2v) is 7.37. The van der Waals surface area contributed by atoms with E-state index in [1.165, 1.54) is 11.1 Å². The molecule has 0 aromatic carbocycles. The lowest BCUT2D eigenvalue weighted by Crippen LogP contribution is -2.34. The van der Waals surface area contributed by atoms with Gasteiger partial charge >= 0.3 is 0 Å². The van der Waals surface area contributed by atoms with Gasteiger partial charge < -0.3 is 15.0 Å². The Morgan fingerprint density at radius 3 is 2.57 bits per heavy atom. The van der Waals surface area contributed by atoms with Crippen molar-refractivity contribution in [2.75, 3.05) is 20.2 Å². The molecule has 0 saturated carbocycles. The van der Waals surface area contributed by atoms with Crippen LogP contribution in [-0.2, 0) is 11.3 Å². The largest absolute Gasteiger partial charge is 0.504 e. The fraction of sp³-hybridized carbons (Fsp3) is 0.375. The van der Waals surface area contributed by atoms with Crippen LogP contribution in [0.15, 0.2) is 84.7 Å². The third kappa shape index (κ3) is 6.15. The van der Waals surface area contributed by atoms with Gasteiger partial charge in [-0.3, -0.25) is 4.98 Å². The van der Waals surface area contributed by atoms with E-state index in [9.17, 15) is 0 Å². The number of rotatable bonds is 9. The molecule has 0 radical (unpaired) electrons. The van der Waals surface area contributed by atoms with Gasteiger partial charge in [0.1, 0.15) is 0 Å². The van der Waals surface area contributed by atoms with Crippen molar-refractivity contribution in [2.24, 2.45) is 5.92 Å². The Bertz CT molecular complexity index is 753. The summed E-state index contributed by atoms with van der Waals surface area (Å²) in [6.45, 7) is 19.4. The van der Waals surface area contributed by atoms with E-state index >= 15 is 0 Å². The molecule has 4 heteroatoms. The van der Waals surface area contributed by atoms with Crippen molar-refractivity contribution in [3.8, 4) is 0 Å². The molecule has 1 aliphatic rings. The van der Waals surface area contributed by atoms with E-state index in [-0.39, 0.29) is 0 Å². The molecule has 1 aromatic rings. The summed E-state index contributed by atoms with van der Waals surface area (Å²) in [6, 6.07) is 4.03. The number of aromatic nitrogens is 1. The van der Waals surface area contributed by atoms with E-state index < -0.39 is 0 Å². The Morgan fingerprint density at radius 1 is 1.29 bits per heavy atom. The number of hydrogen-bond acceptors (Lipinski definition) is 4. The van der Waals surface area contributed by atoms with Crippen LogP contribution >= 0.6 is 0 Å². The molecule has 2 heterocycles. The molecule has 1 saturated heterocycles. The quantitative estimate of drug-likeness (QED) is 0.486. The minimum atomic E-state index is 0.499. The highest BCUT2D eigenvalue weighted by Gasteiger charge is 2.23. The highest BCUT2D eigenvalue weighted by Crippen LogP contribution is 2.29. The van der Waals surface area contributed by atoms with E-state index in [1.54, 1.807) is 19.6 Å². The van der Waals surface area contributed by atoms with E-state index in [0.717, 1.165) is 55.0 Å². The van der Waals surface area contributed by atoms with E-state index in [1.807, 2.05) is 19.2 Å². The lowest BCUT2D eigenvalue weighted by atomic mass is 9.89. The molecule has 0 amide bonds. The van der Waals surface area contributed by atoms with Gasteiger partial charge in [0.15, 0.2) is 0 Å². The molecule has 1 aliphatic heterocycles. The number of likely N-dealkylation sites (tertiary alicyclic amines) is 1. The van der Waals surface area contributed by atoms with Gasteiger partial charge in [-0.15, -0.1) is 0 Å². The number of methoxy groups -OCH3 is 1. The molecule has 1 N–H and O–H groups in total. The molecule has 4 nitrogen and oxygen atoms in total. The van der Waals surface area contributed by atoms with Crippen molar-refractivity contribution in [3.63, 3.8) is 0 Å². The average Bonchev–Trinajstić information content (AvgIpc) is 2.70. The van der Waals surface area contributed by atoms with Crippen molar-refractivity contribution in [1.29, 1.82) is 0 Å². The molecule has 0 spiro atoms. The van der Waals surface area contributed by atoms with Crippen molar-refractivity contribution in [2.45, 2.75) is 33.2 Å². The van der Waals surface area contributed by atoms with Crippen molar-refractivity contribution in [1.82, 2.24) is 15.2 Å². The van der Waals surface area contributed by atoms with Gasteiger partial charge in [-0.1, -0.05) is 31.4 Å². The highest BCUT2D eigenvalue weighted by molar-refractivity contribution is 5.41. The number of allylic oxidation sites excluding steroid dienone is 4. The molecule has 1 aromatic heterocycles. The summed E-state index contributed by atoms with van der Waals surface area (Å²) >= 11 is 0. The van der Waals surface area contributed by atoms with Crippen LogP contribution in [0.4, 0.5) is 0 Å². The number of pyridine rings is 1. The monoisotopic (exact) mass is 379 g/mol. The SMILES string of the molecule is C=C(C)/C(=C\OC)C(=C)N1CCC(C(=C)/C=C(\C)NCc2cccnc2)CC1. The lowest BCUT2D eigenvalue weighted by Gasteiger charge is -2.36. The minimum Gasteiger partial charge on any atom is -0.504 e. The number of nitrogens with zero attached hydrogens (tertiary/aromatic N) is 2. The van der Waals surface area contributed by atoms with Gasteiger partial charge in [0, 0.05) is 49.0 Å². The standard InChI is InChI=1S/C24H33N3O/c1-18(2)24(17-28-6)21(5)27-12-9-23(10-13-27)19(3)14-20(4)26-16-22-8-7-11-25-15-22/h7-8,11,14-15,17,23,26H,1,3,5,9-10,12-13,16H2,2,4,6H3/b20-14+,24-17+. The summed E-state index contributed by atoms with van der Waals surface area (Å²) in [5, 5.41) is 3.44. The zero-order valence-corrected chi connectivity index (χ0v) is 17.5. The average molecular weight is 380 g/mol. The van der Waals surface area contributed by atoms with Crippen LogP contribution in [0.2, 0.25) is 0 Å². The number of hydrogen-bond donors (Lipinski definition) is 1. The molecule has 28 heavy (non-hydrogen) atoms. The third-order valence-corrected chi connectivity index (χ3v) is 5.10. The van der Waals surface area contributed by atoms with Crippen LogP contribution in [-0.4, -0.2) is 30.1 Å². The first-order valence-corrected chi connectivity index (χ1v) is 9.75. The van der Waals surface area contributed by atoms with Crippen LogP contribution in [0.25, 0.3) is 0 Å². The lowest BCUT2D eigenvalue weighted by molar-refractivity contribution is 0.250. The normalized spacial score (nSPS) is 15.9. The maximum absolute atomic E-state index is 5.19. The number of ether oxygens (including phenoxy) is 1. The second kappa shape index (κ2) is 10.5. The summed E-state index contributed by atoms with van der Waals surface area (Å²) in [6.07, 6.45) is 9.72. The molecule has 150 valence electrons. The van der Waals surface area contributed by atoms with Crippen molar-refractivity contribution >= 4 is 0 Å². The molecule has 2 rings (SSSR count). The summed E-state index contributed by atoms with van der Waals surface area (Å²) in [4.78, 5) is 6.47. The van der Waals surface area contributed by atoms with Crippen molar-refractivity contribution < 1.29 is 4.74 Å². The smallest absolute Gasteiger partial charge is 0.0920 e. The van der Waals surface area contributed by atoms with Gasteiger partial charge in [0.25, 0.3) is 0 Å². The Hall–Kier alpha value is -2.75. The fourth-order valence-electron chi connectivity index (χ4n) is 3.41. The molecule has 0 bridgehead atoms. The molecule has 1 fully saturated rings. The van der Waals surface area contributed by atoms with Gasteiger partial charge in [-0.05, 0) is 55.9 Å². The Morgan fingerprint density at radius 2 is 2.00 bits per heavy atom. The zero-order chi connectivity index (χ0) is 20.5. The molecular formula is C24H33N3O. The van der Waals surface area contributed by atoms with E-state index in [2.05, 4.69) is 54.0 Å². The summed E-state index contributed by atoms with van der Waals surface area (Å²) in [5.74, 6) is 0.499. The van der Waals surface area contributed by atoms with Crippen LogP contribution < -0.4 is 5.32 Å². The first-order chi connectivity index (χ1) is 13.4. The van der Waals surface area contributed by atoms with Crippen LogP contribution in [0, 0.1) is 5.92 Å². The maximum Gasteiger partial charge on any atom is 0.0920 e. The number of piperidine rings is 1. The third-order valence-electron chi connectivity index (χ3n) is 5.10. The van der Waals surface area contributed by atoms with Gasteiger partial charge in [0.2, 0.25) is 0 Å². The highest BCUT2D eigenvalue weighted by atomic mass is 16.5. The molecule has 0 unspecified atom stereocenters. The zero-order valence-electron chi connectivity index (χ0n) is 17.5. The second-order valence-electron chi connectivity index (χ2n) is 7.37. The fourth-order valence-corrected chi connectivity index (χ4v) is 3.41. The minimum absolute atomic E-state index is 0.499. The van der Waals surface area contributed by atoms with E-state index in [0.29, 0.717) is 5.92 Å². The summed E-state index contributed by atoms with van der Waals surface area (Å²) < 4.78 is 5.19. The molecule has 0 aliphatic carbocycles. The van der Waals surface area contributed by atoms with Crippen LogP contribution in [0.3, 0.4) is 0 Å². The van der Waals surface area contributed by atoms with Crippen LogP contribution in [0.1, 0.15) is 32.3 Å². The van der Waals surface area contributed by atoms with E-state index in [4.69, 9.17) is 4.74 Å². The predicted octanol–water partition coefficient (Wildman–Crippen LogP) is 4.96. The maximum atomic E-state index is 5.19. The van der Waals surface area contributed by atoms with Gasteiger partial charge in [-0.25, -0.2) is 0 Å². The predicted molar refractivity (Wildman–Crippen MR) is 117 cm³/mol. The topological polar surface area (TPSA) is 37.4 Å². The van der Waals surface area contributed by atoms with Crippen molar-refractivity contribution in [3.05, 3.63) is 90.3 Å². The summed E-state index contributed by atoms with van der Waals surface area (Å²) in [7, 11) is 1.66. The Balaban J connectivity index is 1.86. The molecular weight excluding hydrogens is 346 g/mol. The Labute approximate surface area is 170 Å². The summed E-state index contributed by atoms with van der Waals surface area (Å²) in [5.41, 5.74) is 6.43. The van der Waals surface area contributed by atoms with Gasteiger partial charge in [0.05, 0.1) is 13.4 Å². The Kier molecular flexibility index (Phi) is 8.12. The molecule has 0 atom stereocenters. The van der Waals surface area contributed by atoms with Crippen LogP contribution in [0.5, 0.6) is 0 Å². The first kappa shape index (κ1) is 21.5.